The third-order valence-corrected chi connectivity index (χ3v) is 5.79. The number of nitrogens with zero attached hydrogens (tertiary/aromatic N) is 2. The number of fused-ring (bicyclic) bond motifs is 1. The van der Waals surface area contributed by atoms with Crippen LogP contribution in [0.5, 0.6) is 0 Å². The van der Waals surface area contributed by atoms with Crippen molar-refractivity contribution in [2.24, 2.45) is 0 Å². The summed E-state index contributed by atoms with van der Waals surface area (Å²) < 4.78 is 0. The van der Waals surface area contributed by atoms with E-state index in [2.05, 4.69) is 4.98 Å². The Morgan fingerprint density at radius 2 is 1.50 bits per heavy atom. The van der Waals surface area contributed by atoms with E-state index >= 15 is 0 Å². The van der Waals surface area contributed by atoms with E-state index in [9.17, 15) is 14.4 Å². The van der Waals surface area contributed by atoms with Crippen molar-refractivity contribution in [2.75, 3.05) is 6.54 Å². The van der Waals surface area contributed by atoms with Crippen molar-refractivity contribution in [3.63, 3.8) is 0 Å². The van der Waals surface area contributed by atoms with Crippen LogP contribution in [0.4, 0.5) is 4.79 Å². The Balaban J connectivity index is 1.46. The molecule has 0 aliphatic carbocycles. The number of urea groups is 1. The highest BCUT2D eigenvalue weighted by Crippen LogP contribution is 2.33. The minimum absolute atomic E-state index is 0.280. The summed E-state index contributed by atoms with van der Waals surface area (Å²) in [6.07, 6.45) is 1.63. The summed E-state index contributed by atoms with van der Waals surface area (Å²) in [5.41, 5.74) is 2.95. The molecule has 0 bridgehead atoms. The molecule has 0 spiro atoms. The summed E-state index contributed by atoms with van der Waals surface area (Å²) in [4.78, 5) is 45.5. The van der Waals surface area contributed by atoms with Gasteiger partial charge >= 0.3 is 6.03 Å². The fourth-order valence-corrected chi connectivity index (χ4v) is 4.21. The van der Waals surface area contributed by atoms with Crippen LogP contribution in [0.3, 0.4) is 0 Å². The number of imide groups is 1. The van der Waals surface area contributed by atoms with Gasteiger partial charge in [0.05, 0.1) is 6.54 Å². The standard InChI is InChI=1S/C26H21N3O3/c30-23(21-15-27-22-14-8-7-13-20(21)22)17-29-25(31)24(19-11-5-2-6-12-19)28(26(29)32)16-18-9-3-1-4-10-18/h1-15,24,27H,16-17H2. The quantitative estimate of drug-likeness (QED) is 0.365. The van der Waals surface area contributed by atoms with Gasteiger partial charge in [0, 0.05) is 29.2 Å². The van der Waals surface area contributed by atoms with Crippen molar-refractivity contribution in [1.82, 2.24) is 14.8 Å². The first-order valence-corrected chi connectivity index (χ1v) is 10.4. The summed E-state index contributed by atoms with van der Waals surface area (Å²) >= 11 is 0. The first-order valence-electron chi connectivity index (χ1n) is 10.4. The smallest absolute Gasteiger partial charge is 0.328 e. The predicted octanol–water partition coefficient (Wildman–Crippen LogP) is 4.56. The van der Waals surface area contributed by atoms with Crippen LogP contribution in [0.15, 0.2) is 91.1 Å². The van der Waals surface area contributed by atoms with Gasteiger partial charge in [-0.15, -0.1) is 0 Å². The van der Waals surface area contributed by atoms with Gasteiger partial charge in [0.1, 0.15) is 6.04 Å². The number of hydrogen-bond donors (Lipinski definition) is 1. The highest BCUT2D eigenvalue weighted by molar-refractivity contribution is 6.13. The lowest BCUT2D eigenvalue weighted by Gasteiger charge is -2.22. The van der Waals surface area contributed by atoms with Gasteiger partial charge < -0.3 is 9.88 Å². The number of carbonyl (C=O) groups excluding carboxylic acids is 3. The lowest BCUT2D eigenvalue weighted by atomic mass is 10.0. The highest BCUT2D eigenvalue weighted by Gasteiger charge is 2.46. The molecule has 158 valence electrons. The van der Waals surface area contributed by atoms with Crippen molar-refractivity contribution in [1.29, 1.82) is 0 Å². The molecule has 1 unspecified atom stereocenters. The number of aromatic nitrogens is 1. The molecule has 0 saturated carbocycles. The Morgan fingerprint density at radius 1 is 0.844 bits per heavy atom. The summed E-state index contributed by atoms with van der Waals surface area (Å²) in [5, 5.41) is 0.775. The largest absolute Gasteiger partial charge is 0.360 e. The van der Waals surface area contributed by atoms with E-state index in [0.717, 1.165) is 26.9 Å². The summed E-state index contributed by atoms with van der Waals surface area (Å²) in [6, 6.07) is 25.0. The molecule has 1 aliphatic heterocycles. The molecule has 4 aromatic rings. The van der Waals surface area contributed by atoms with E-state index < -0.39 is 12.1 Å². The molecule has 0 radical (unpaired) electrons. The lowest BCUT2D eigenvalue weighted by Crippen LogP contribution is -2.36. The average molecular weight is 423 g/mol. The van der Waals surface area contributed by atoms with Gasteiger partial charge in [0.15, 0.2) is 5.78 Å². The maximum absolute atomic E-state index is 13.4. The minimum Gasteiger partial charge on any atom is -0.360 e. The maximum atomic E-state index is 13.4. The Labute approximate surface area is 185 Å². The zero-order valence-corrected chi connectivity index (χ0v) is 17.3. The van der Waals surface area contributed by atoms with E-state index in [1.807, 2.05) is 84.9 Å². The number of ketones is 1. The summed E-state index contributed by atoms with van der Waals surface area (Å²) in [5.74, 6) is -0.664. The topological polar surface area (TPSA) is 73.5 Å². The molecule has 1 saturated heterocycles. The van der Waals surface area contributed by atoms with Crippen LogP contribution in [0, 0.1) is 0 Å². The molecule has 6 nitrogen and oxygen atoms in total. The van der Waals surface area contributed by atoms with Gasteiger partial charge in [-0.1, -0.05) is 78.9 Å². The molecule has 1 fully saturated rings. The number of Topliss-reactive ketones (excluding diaryl/α,β-unsaturated/α-hetero) is 1. The van der Waals surface area contributed by atoms with Crippen LogP contribution < -0.4 is 0 Å². The number of benzene rings is 3. The van der Waals surface area contributed by atoms with Crippen LogP contribution >= 0.6 is 0 Å². The van der Waals surface area contributed by atoms with Crippen molar-refractivity contribution < 1.29 is 14.4 Å². The molecule has 3 amide bonds. The van der Waals surface area contributed by atoms with Crippen LogP contribution in [0.2, 0.25) is 0 Å². The Bertz CT molecular complexity index is 1300. The van der Waals surface area contributed by atoms with Crippen LogP contribution in [-0.4, -0.2) is 39.1 Å². The van der Waals surface area contributed by atoms with Gasteiger partial charge in [0.25, 0.3) is 5.91 Å². The molecule has 1 aliphatic rings. The second-order valence-corrected chi connectivity index (χ2v) is 7.80. The normalized spacial score (nSPS) is 16.2. The predicted molar refractivity (Wildman–Crippen MR) is 121 cm³/mol. The molecule has 1 N–H and O–H groups in total. The molecule has 32 heavy (non-hydrogen) atoms. The molecule has 1 atom stereocenters. The molecule has 3 aromatic carbocycles. The fourth-order valence-electron chi connectivity index (χ4n) is 4.21. The van der Waals surface area contributed by atoms with Gasteiger partial charge in [-0.3, -0.25) is 14.5 Å². The number of H-pyrrole nitrogens is 1. The van der Waals surface area contributed by atoms with Gasteiger partial charge in [-0.25, -0.2) is 4.79 Å². The zero-order chi connectivity index (χ0) is 22.1. The third-order valence-electron chi connectivity index (χ3n) is 5.79. The third kappa shape index (κ3) is 3.46. The summed E-state index contributed by atoms with van der Waals surface area (Å²) in [6.45, 7) is -0.0170. The number of amides is 3. The fraction of sp³-hybridized carbons (Fsp3) is 0.115. The highest BCUT2D eigenvalue weighted by atomic mass is 16.2. The Morgan fingerprint density at radius 3 is 2.25 bits per heavy atom. The van der Waals surface area contributed by atoms with E-state index in [1.165, 1.54) is 4.90 Å². The number of hydrogen-bond acceptors (Lipinski definition) is 3. The zero-order valence-electron chi connectivity index (χ0n) is 17.3. The van der Waals surface area contributed by atoms with Gasteiger partial charge in [0.2, 0.25) is 0 Å². The van der Waals surface area contributed by atoms with E-state index in [0.29, 0.717) is 5.56 Å². The van der Waals surface area contributed by atoms with Crippen LogP contribution in [0.1, 0.15) is 27.5 Å². The molecular weight excluding hydrogens is 402 g/mol. The van der Waals surface area contributed by atoms with Crippen LogP contribution in [0.25, 0.3) is 10.9 Å². The van der Waals surface area contributed by atoms with Crippen molar-refractivity contribution in [3.8, 4) is 0 Å². The molecule has 2 heterocycles. The number of para-hydroxylation sites is 1. The van der Waals surface area contributed by atoms with E-state index in [1.54, 1.807) is 6.20 Å². The number of aromatic amines is 1. The average Bonchev–Trinajstić information content (AvgIpc) is 3.35. The maximum Gasteiger partial charge on any atom is 0.328 e. The monoisotopic (exact) mass is 423 g/mol. The van der Waals surface area contributed by atoms with E-state index in [-0.39, 0.29) is 24.8 Å². The molecular formula is C26H21N3O3. The van der Waals surface area contributed by atoms with Crippen molar-refractivity contribution >= 4 is 28.6 Å². The van der Waals surface area contributed by atoms with Crippen molar-refractivity contribution in [2.45, 2.75) is 12.6 Å². The lowest BCUT2D eigenvalue weighted by molar-refractivity contribution is -0.128. The second kappa shape index (κ2) is 8.15. The Hall–Kier alpha value is -4.19. The van der Waals surface area contributed by atoms with Crippen molar-refractivity contribution in [3.05, 3.63) is 108 Å². The number of rotatable bonds is 6. The first-order chi connectivity index (χ1) is 15.6. The SMILES string of the molecule is O=C(CN1C(=O)C(c2ccccc2)N(Cc2ccccc2)C1=O)c1c[nH]c2ccccc12. The van der Waals surface area contributed by atoms with Crippen LogP contribution in [-0.2, 0) is 11.3 Å². The van der Waals surface area contributed by atoms with Gasteiger partial charge in [-0.2, -0.15) is 0 Å². The summed E-state index contributed by atoms with van der Waals surface area (Å²) in [7, 11) is 0. The number of nitrogens with one attached hydrogen (secondary N) is 1. The molecule has 6 heteroatoms. The Kier molecular flexibility index (Phi) is 5.03. The molecule has 5 rings (SSSR count). The second-order valence-electron chi connectivity index (χ2n) is 7.80. The first kappa shape index (κ1) is 19.8. The van der Waals surface area contributed by atoms with E-state index in [4.69, 9.17) is 0 Å². The minimum atomic E-state index is -0.764. The van der Waals surface area contributed by atoms with Gasteiger partial charge in [-0.05, 0) is 17.2 Å². The molecule has 1 aromatic heterocycles. The number of carbonyl (C=O) groups is 3.